The average Bonchev–Trinajstić information content (AvgIpc) is 2.05. The van der Waals surface area contributed by atoms with Crippen molar-refractivity contribution in [3.05, 3.63) is 0 Å². The maximum absolute atomic E-state index is 6.17. The van der Waals surface area contributed by atoms with Gasteiger partial charge in [-0.15, -0.1) is 0 Å². The van der Waals surface area contributed by atoms with Crippen molar-refractivity contribution < 1.29 is 0 Å². The van der Waals surface area contributed by atoms with Crippen LogP contribution in [0.2, 0.25) is 0 Å². The van der Waals surface area contributed by atoms with E-state index in [1.807, 2.05) is 13.8 Å². The Hall–Kier alpha value is -0.0400. The Morgan fingerprint density at radius 1 is 0.917 bits per heavy atom. The van der Waals surface area contributed by atoms with Crippen LogP contribution in [-0.2, 0) is 0 Å². The van der Waals surface area contributed by atoms with E-state index in [0.29, 0.717) is 0 Å². The molecule has 0 aliphatic heterocycles. The summed E-state index contributed by atoms with van der Waals surface area (Å²) >= 11 is 0. The first-order valence-corrected chi connectivity index (χ1v) is 5.16. The van der Waals surface area contributed by atoms with E-state index >= 15 is 0 Å². The first-order valence-electron chi connectivity index (χ1n) is 5.16. The molecule has 0 amide bonds. The van der Waals surface area contributed by atoms with Gasteiger partial charge in [-0.3, -0.25) is 0 Å². The Morgan fingerprint density at radius 2 is 1.17 bits per heavy atom. The first kappa shape index (κ1) is 14.5. The molecule has 1 heteroatoms. The van der Waals surface area contributed by atoms with Crippen LogP contribution >= 0.6 is 0 Å². The highest BCUT2D eigenvalue weighted by molar-refractivity contribution is 4.92. The molecule has 76 valence electrons. The Labute approximate surface area is 78.7 Å². The maximum atomic E-state index is 6.17. The number of hydrogen-bond acceptors (Lipinski definition) is 1. The van der Waals surface area contributed by atoms with Gasteiger partial charge in [-0.2, -0.15) is 0 Å². The van der Waals surface area contributed by atoms with Crippen molar-refractivity contribution in [1.29, 1.82) is 0 Å². The third-order valence-corrected chi connectivity index (χ3v) is 2.76. The summed E-state index contributed by atoms with van der Waals surface area (Å²) in [7, 11) is 0. The zero-order valence-corrected chi connectivity index (χ0v) is 9.99. The number of rotatable bonds is 2. The summed E-state index contributed by atoms with van der Waals surface area (Å²) in [6.45, 7) is 14.9. The Kier molecular flexibility index (Phi) is 6.73. The molecule has 0 aliphatic carbocycles. The van der Waals surface area contributed by atoms with E-state index < -0.39 is 0 Å². The van der Waals surface area contributed by atoms with Crippen molar-refractivity contribution in [1.82, 2.24) is 0 Å². The van der Waals surface area contributed by atoms with Gasteiger partial charge in [0.1, 0.15) is 0 Å². The van der Waals surface area contributed by atoms with Gasteiger partial charge in [-0.1, -0.05) is 48.5 Å². The van der Waals surface area contributed by atoms with E-state index in [9.17, 15) is 0 Å². The van der Waals surface area contributed by atoms with Gasteiger partial charge in [-0.25, -0.2) is 0 Å². The van der Waals surface area contributed by atoms with Gasteiger partial charge >= 0.3 is 0 Å². The highest BCUT2D eigenvalue weighted by Gasteiger charge is 2.34. The molecule has 0 fully saturated rings. The highest BCUT2D eigenvalue weighted by atomic mass is 14.8. The molecule has 0 radical (unpaired) electrons. The molecule has 12 heavy (non-hydrogen) atoms. The number of nitrogens with two attached hydrogens (primary N) is 1. The van der Waals surface area contributed by atoms with Gasteiger partial charge in [-0.05, 0) is 18.3 Å². The lowest BCUT2D eigenvalue weighted by Gasteiger charge is -2.40. The van der Waals surface area contributed by atoms with Crippen LogP contribution in [-0.4, -0.2) is 5.54 Å². The standard InChI is InChI=1S/C9H21N.C2H6/c1-6-9(10,7-2)8(3,4)5;1-2/h6-7,10H2,1-5H3;1-2H3. The molecule has 0 spiro atoms. The summed E-state index contributed by atoms with van der Waals surface area (Å²) in [4.78, 5) is 0. The normalized spacial score (nSPS) is 12.0. The smallest absolute Gasteiger partial charge is 0.0198 e. The van der Waals surface area contributed by atoms with Gasteiger partial charge in [0.2, 0.25) is 0 Å². The monoisotopic (exact) mass is 173 g/mol. The molecule has 0 saturated carbocycles. The van der Waals surface area contributed by atoms with Gasteiger partial charge in [0.05, 0.1) is 0 Å². The second-order valence-electron chi connectivity index (χ2n) is 4.11. The Morgan fingerprint density at radius 3 is 1.17 bits per heavy atom. The molecule has 0 unspecified atom stereocenters. The molecule has 0 aromatic rings. The summed E-state index contributed by atoms with van der Waals surface area (Å²) in [5, 5.41) is 0. The summed E-state index contributed by atoms with van der Waals surface area (Å²) in [5.41, 5.74) is 6.43. The lowest BCUT2D eigenvalue weighted by Crippen LogP contribution is -2.50. The predicted molar refractivity (Wildman–Crippen MR) is 58.3 cm³/mol. The third kappa shape index (κ3) is 3.57. The van der Waals surface area contributed by atoms with Crippen molar-refractivity contribution in [2.24, 2.45) is 11.1 Å². The van der Waals surface area contributed by atoms with Gasteiger partial charge < -0.3 is 5.73 Å². The zero-order chi connectivity index (χ0) is 10.4. The minimum Gasteiger partial charge on any atom is -0.325 e. The van der Waals surface area contributed by atoms with Crippen LogP contribution in [0, 0.1) is 5.41 Å². The zero-order valence-electron chi connectivity index (χ0n) is 9.99. The van der Waals surface area contributed by atoms with Crippen LogP contribution in [0.5, 0.6) is 0 Å². The topological polar surface area (TPSA) is 26.0 Å². The number of hydrogen-bond donors (Lipinski definition) is 1. The van der Waals surface area contributed by atoms with Crippen LogP contribution in [0.3, 0.4) is 0 Å². The lowest BCUT2D eigenvalue weighted by molar-refractivity contribution is 0.174. The highest BCUT2D eigenvalue weighted by Crippen LogP contribution is 2.33. The summed E-state index contributed by atoms with van der Waals surface area (Å²) in [6, 6.07) is 0. The molecule has 0 saturated heterocycles. The molecule has 0 atom stereocenters. The van der Waals surface area contributed by atoms with E-state index in [0.717, 1.165) is 12.8 Å². The molecule has 0 bridgehead atoms. The van der Waals surface area contributed by atoms with Crippen LogP contribution in [0.1, 0.15) is 61.3 Å². The molecule has 0 aliphatic rings. The van der Waals surface area contributed by atoms with E-state index in [2.05, 4.69) is 34.6 Å². The molecule has 0 aromatic heterocycles. The molecule has 2 N–H and O–H groups in total. The summed E-state index contributed by atoms with van der Waals surface area (Å²) < 4.78 is 0. The molecular weight excluding hydrogens is 146 g/mol. The third-order valence-electron chi connectivity index (χ3n) is 2.76. The Bertz CT molecular complexity index is 96.1. The molecular formula is C11H27N. The van der Waals surface area contributed by atoms with E-state index in [1.54, 1.807) is 0 Å². The van der Waals surface area contributed by atoms with Crippen molar-refractivity contribution in [2.45, 2.75) is 66.8 Å². The second kappa shape index (κ2) is 5.58. The minimum atomic E-state index is 0.0208. The van der Waals surface area contributed by atoms with Crippen LogP contribution < -0.4 is 5.73 Å². The second-order valence-corrected chi connectivity index (χ2v) is 4.11. The largest absolute Gasteiger partial charge is 0.325 e. The van der Waals surface area contributed by atoms with Crippen LogP contribution in [0.25, 0.3) is 0 Å². The van der Waals surface area contributed by atoms with Crippen molar-refractivity contribution in [3.8, 4) is 0 Å². The van der Waals surface area contributed by atoms with Crippen molar-refractivity contribution >= 4 is 0 Å². The fourth-order valence-corrected chi connectivity index (χ4v) is 1.31. The fourth-order valence-electron chi connectivity index (χ4n) is 1.31. The molecule has 0 heterocycles. The molecule has 0 rings (SSSR count). The Balaban J connectivity index is 0. The van der Waals surface area contributed by atoms with Crippen molar-refractivity contribution in [2.75, 3.05) is 0 Å². The van der Waals surface area contributed by atoms with Crippen LogP contribution in [0.15, 0.2) is 0 Å². The van der Waals surface area contributed by atoms with E-state index in [4.69, 9.17) is 5.73 Å². The maximum Gasteiger partial charge on any atom is 0.0198 e. The molecule has 1 nitrogen and oxygen atoms in total. The lowest BCUT2D eigenvalue weighted by atomic mass is 9.71. The minimum absolute atomic E-state index is 0.0208. The predicted octanol–water partition coefficient (Wildman–Crippen LogP) is 3.58. The van der Waals surface area contributed by atoms with Crippen LogP contribution in [0.4, 0.5) is 0 Å². The van der Waals surface area contributed by atoms with E-state index in [1.165, 1.54) is 0 Å². The van der Waals surface area contributed by atoms with Gasteiger partial charge in [0.25, 0.3) is 0 Å². The van der Waals surface area contributed by atoms with Gasteiger partial charge in [0, 0.05) is 5.54 Å². The first-order chi connectivity index (χ1) is 5.37. The summed E-state index contributed by atoms with van der Waals surface area (Å²) in [6.07, 6.45) is 2.12. The summed E-state index contributed by atoms with van der Waals surface area (Å²) in [5.74, 6) is 0. The SMILES string of the molecule is CC.CCC(N)(CC)C(C)(C)C. The van der Waals surface area contributed by atoms with Crippen molar-refractivity contribution in [3.63, 3.8) is 0 Å². The van der Waals surface area contributed by atoms with E-state index in [-0.39, 0.29) is 11.0 Å². The fraction of sp³-hybridized carbons (Fsp3) is 1.00. The average molecular weight is 173 g/mol. The molecule has 0 aromatic carbocycles. The van der Waals surface area contributed by atoms with Gasteiger partial charge in [0.15, 0.2) is 0 Å². The quantitative estimate of drug-likeness (QED) is 0.678.